The Balaban J connectivity index is 1.38. The second-order valence-corrected chi connectivity index (χ2v) is 15.4. The number of nitrogens with one attached hydrogen (secondary N) is 1. The molecule has 42 heavy (non-hydrogen) atoms. The van der Waals surface area contributed by atoms with E-state index in [1.165, 1.54) is 0 Å². The van der Waals surface area contributed by atoms with Crippen molar-refractivity contribution in [3.63, 3.8) is 0 Å². The molecule has 0 saturated carbocycles. The number of carbonyl (C=O) groups excluding carboxylic acids is 2. The van der Waals surface area contributed by atoms with Crippen LogP contribution in [0.15, 0.2) is 48.5 Å². The molecule has 0 aromatic heterocycles. The minimum absolute atomic E-state index is 0.0660. The van der Waals surface area contributed by atoms with Crippen molar-refractivity contribution < 1.29 is 18.0 Å². The Bertz CT molecular complexity index is 1380. The molecule has 3 unspecified atom stereocenters. The number of fused-ring (bicyclic) bond motifs is 1. The summed E-state index contributed by atoms with van der Waals surface area (Å²) in [7, 11) is -2.99. The van der Waals surface area contributed by atoms with Crippen LogP contribution >= 0.6 is 11.6 Å². The van der Waals surface area contributed by atoms with Crippen LogP contribution in [0.25, 0.3) is 0 Å². The SMILES string of the molecule is CC(C)CC1(N2CCN(C(=O)C(Cc3ccc(Cl)cc3)C(C(N)=O)C3NCc4ccccc43)CC2)CCS(=O)(=O)CC1. The van der Waals surface area contributed by atoms with Crippen LogP contribution in [0.2, 0.25) is 5.02 Å². The van der Waals surface area contributed by atoms with Crippen LogP contribution in [-0.4, -0.2) is 73.3 Å². The topological polar surface area (TPSA) is 113 Å². The third-order valence-electron chi connectivity index (χ3n) is 9.52. The molecule has 0 bridgehead atoms. The van der Waals surface area contributed by atoms with Gasteiger partial charge in [0.2, 0.25) is 11.8 Å². The average Bonchev–Trinajstić information content (AvgIpc) is 3.38. The Morgan fingerprint density at radius 1 is 1.02 bits per heavy atom. The summed E-state index contributed by atoms with van der Waals surface area (Å²) in [5, 5.41) is 4.08. The second-order valence-electron chi connectivity index (χ2n) is 12.7. The molecule has 3 aliphatic heterocycles. The molecule has 0 aliphatic carbocycles. The van der Waals surface area contributed by atoms with E-state index in [2.05, 4.69) is 24.1 Å². The number of rotatable bonds is 9. The Hall–Kier alpha value is -2.46. The highest BCUT2D eigenvalue weighted by Crippen LogP contribution is 2.39. The minimum atomic E-state index is -2.99. The zero-order valence-corrected chi connectivity index (χ0v) is 26.2. The van der Waals surface area contributed by atoms with Crippen LogP contribution < -0.4 is 11.1 Å². The van der Waals surface area contributed by atoms with Crippen LogP contribution in [0.3, 0.4) is 0 Å². The second kappa shape index (κ2) is 12.6. The van der Waals surface area contributed by atoms with Gasteiger partial charge in [0.15, 0.2) is 0 Å². The maximum Gasteiger partial charge on any atom is 0.226 e. The quantitative estimate of drug-likeness (QED) is 0.447. The first kappa shape index (κ1) is 31.0. The van der Waals surface area contributed by atoms with Crippen molar-refractivity contribution in [1.82, 2.24) is 15.1 Å². The van der Waals surface area contributed by atoms with Crippen molar-refractivity contribution in [3.05, 3.63) is 70.2 Å². The predicted molar refractivity (Wildman–Crippen MR) is 166 cm³/mol. The van der Waals surface area contributed by atoms with Gasteiger partial charge in [-0.25, -0.2) is 8.42 Å². The Labute approximate surface area is 254 Å². The summed E-state index contributed by atoms with van der Waals surface area (Å²) in [6, 6.07) is 15.1. The number of piperazine rings is 1. The number of halogens is 1. The highest BCUT2D eigenvalue weighted by atomic mass is 35.5. The van der Waals surface area contributed by atoms with E-state index in [4.69, 9.17) is 17.3 Å². The number of nitrogens with two attached hydrogens (primary N) is 1. The van der Waals surface area contributed by atoms with Gasteiger partial charge in [-0.2, -0.15) is 0 Å². The van der Waals surface area contributed by atoms with Crippen molar-refractivity contribution in [2.75, 3.05) is 37.7 Å². The Morgan fingerprint density at radius 2 is 1.67 bits per heavy atom. The molecule has 2 saturated heterocycles. The van der Waals surface area contributed by atoms with Gasteiger partial charge in [0.05, 0.1) is 23.3 Å². The van der Waals surface area contributed by atoms with Crippen LogP contribution in [0.1, 0.15) is 55.8 Å². The van der Waals surface area contributed by atoms with Crippen molar-refractivity contribution in [1.29, 1.82) is 0 Å². The van der Waals surface area contributed by atoms with E-state index < -0.39 is 27.6 Å². The molecule has 0 spiro atoms. The Kier molecular flexibility index (Phi) is 9.33. The molecule has 228 valence electrons. The maximum absolute atomic E-state index is 14.4. The van der Waals surface area contributed by atoms with Crippen LogP contribution in [0.4, 0.5) is 0 Å². The van der Waals surface area contributed by atoms with E-state index >= 15 is 0 Å². The number of amides is 2. The fraction of sp³-hybridized carbons (Fsp3) is 0.562. The lowest BCUT2D eigenvalue weighted by Gasteiger charge is -2.51. The lowest BCUT2D eigenvalue weighted by molar-refractivity contribution is -0.144. The van der Waals surface area contributed by atoms with E-state index in [1.54, 1.807) is 12.1 Å². The molecule has 5 rings (SSSR count). The van der Waals surface area contributed by atoms with E-state index in [1.807, 2.05) is 41.3 Å². The van der Waals surface area contributed by atoms with Gasteiger partial charge in [0.1, 0.15) is 9.84 Å². The van der Waals surface area contributed by atoms with Gasteiger partial charge in [-0.15, -0.1) is 0 Å². The summed E-state index contributed by atoms with van der Waals surface area (Å²) < 4.78 is 24.6. The monoisotopic (exact) mass is 614 g/mol. The first-order valence-corrected chi connectivity index (χ1v) is 17.3. The predicted octanol–water partition coefficient (Wildman–Crippen LogP) is 3.58. The summed E-state index contributed by atoms with van der Waals surface area (Å²) in [5.74, 6) is -1.06. The number of hydrogen-bond donors (Lipinski definition) is 2. The van der Waals surface area contributed by atoms with Gasteiger partial charge in [-0.05, 0) is 60.4 Å². The number of benzene rings is 2. The molecule has 3 heterocycles. The molecular weight excluding hydrogens is 572 g/mol. The largest absolute Gasteiger partial charge is 0.369 e. The zero-order valence-electron chi connectivity index (χ0n) is 24.6. The van der Waals surface area contributed by atoms with Gasteiger partial charge in [-0.1, -0.05) is 61.8 Å². The maximum atomic E-state index is 14.4. The first-order valence-electron chi connectivity index (χ1n) is 15.1. The standard InChI is InChI=1S/C32H43ClN4O4S/c1-22(2)20-32(11-17-42(40,41)18-12-32)37-15-13-36(14-16-37)31(39)27(19-23-7-9-25(33)10-8-23)28(30(34)38)29-26-6-4-3-5-24(26)21-35-29/h3-10,22,27-29,35H,11-21H2,1-2H3,(H2,34,38). The van der Waals surface area contributed by atoms with Gasteiger partial charge >= 0.3 is 0 Å². The first-order chi connectivity index (χ1) is 20.0. The number of sulfone groups is 1. The molecule has 2 aromatic carbocycles. The fourth-order valence-electron chi connectivity index (χ4n) is 7.45. The van der Waals surface area contributed by atoms with Crippen molar-refractivity contribution >= 4 is 33.3 Å². The molecular formula is C32H43ClN4O4S. The molecule has 3 aliphatic rings. The molecule has 10 heteroatoms. The van der Waals surface area contributed by atoms with E-state index in [-0.39, 0.29) is 29.0 Å². The number of primary amides is 1. The third kappa shape index (κ3) is 6.69. The van der Waals surface area contributed by atoms with Crippen molar-refractivity contribution in [2.45, 2.75) is 57.7 Å². The lowest BCUT2D eigenvalue weighted by atomic mass is 9.78. The smallest absolute Gasteiger partial charge is 0.226 e. The van der Waals surface area contributed by atoms with Crippen molar-refractivity contribution in [2.24, 2.45) is 23.5 Å². The van der Waals surface area contributed by atoms with Crippen molar-refractivity contribution in [3.8, 4) is 0 Å². The van der Waals surface area contributed by atoms with Gasteiger partial charge < -0.3 is 16.0 Å². The summed E-state index contributed by atoms with van der Waals surface area (Å²) in [4.78, 5) is 31.9. The van der Waals surface area contributed by atoms with Gasteiger partial charge in [0.25, 0.3) is 0 Å². The van der Waals surface area contributed by atoms with Gasteiger partial charge in [-0.3, -0.25) is 14.5 Å². The summed E-state index contributed by atoms with van der Waals surface area (Å²) >= 11 is 6.14. The summed E-state index contributed by atoms with van der Waals surface area (Å²) in [6.07, 6.45) is 2.58. The third-order valence-corrected chi connectivity index (χ3v) is 11.4. The molecule has 3 atom stereocenters. The van der Waals surface area contributed by atoms with Crippen LogP contribution in [-0.2, 0) is 32.4 Å². The summed E-state index contributed by atoms with van der Waals surface area (Å²) in [5.41, 5.74) is 8.99. The van der Waals surface area contributed by atoms with E-state index in [0.29, 0.717) is 62.9 Å². The summed E-state index contributed by atoms with van der Waals surface area (Å²) in [6.45, 7) is 7.41. The van der Waals surface area contributed by atoms with Crippen LogP contribution in [0.5, 0.6) is 0 Å². The normalized spacial score (nSPS) is 23.3. The highest BCUT2D eigenvalue weighted by molar-refractivity contribution is 7.91. The molecule has 8 nitrogen and oxygen atoms in total. The molecule has 3 N–H and O–H groups in total. The average molecular weight is 615 g/mol. The van der Waals surface area contributed by atoms with E-state index in [9.17, 15) is 18.0 Å². The minimum Gasteiger partial charge on any atom is -0.369 e. The van der Waals surface area contributed by atoms with E-state index in [0.717, 1.165) is 23.1 Å². The highest BCUT2D eigenvalue weighted by Gasteiger charge is 2.46. The number of hydrogen-bond acceptors (Lipinski definition) is 6. The molecule has 2 fully saturated rings. The molecule has 0 radical (unpaired) electrons. The fourth-order valence-corrected chi connectivity index (χ4v) is 9.16. The number of carbonyl (C=O) groups is 2. The Morgan fingerprint density at radius 3 is 2.29 bits per heavy atom. The zero-order chi connectivity index (χ0) is 30.1. The lowest BCUT2D eigenvalue weighted by Crippen LogP contribution is -2.61. The number of nitrogens with zero attached hydrogens (tertiary/aromatic N) is 2. The van der Waals surface area contributed by atoms with Crippen LogP contribution in [0, 0.1) is 17.8 Å². The molecule has 2 amide bonds. The molecule has 2 aromatic rings. The van der Waals surface area contributed by atoms with Gasteiger partial charge in [0, 0.05) is 49.3 Å².